The number of anilines is 1. The van der Waals surface area contributed by atoms with Gasteiger partial charge in [-0.25, -0.2) is 0 Å². The van der Waals surface area contributed by atoms with Gasteiger partial charge >= 0.3 is 0 Å². The van der Waals surface area contributed by atoms with Crippen LogP contribution in [0.4, 0.5) is 5.69 Å². The molecule has 1 heterocycles. The first-order valence-corrected chi connectivity index (χ1v) is 7.21. The highest BCUT2D eigenvalue weighted by Crippen LogP contribution is 2.29. The second kappa shape index (κ2) is 7.49. The van der Waals surface area contributed by atoms with Crippen molar-refractivity contribution in [3.05, 3.63) is 22.7 Å². The molecule has 4 N–H and O–H groups in total. The highest BCUT2D eigenvalue weighted by molar-refractivity contribution is 6.31. The molecular formula is C14H20ClN3O3. The Labute approximate surface area is 128 Å². The first-order chi connectivity index (χ1) is 10.1. The number of benzene rings is 1. The highest BCUT2D eigenvalue weighted by Gasteiger charge is 2.21. The third kappa shape index (κ3) is 4.23. The fraction of sp³-hybridized carbons (Fsp3) is 0.500. The maximum Gasteiger partial charge on any atom is 0.250 e. The molecule has 1 amide bonds. The summed E-state index contributed by atoms with van der Waals surface area (Å²) >= 11 is 6.14. The molecule has 2 rings (SSSR count). The van der Waals surface area contributed by atoms with Gasteiger partial charge in [-0.3, -0.25) is 4.79 Å². The fourth-order valence-corrected chi connectivity index (χ4v) is 2.41. The van der Waals surface area contributed by atoms with Crippen LogP contribution in [0.1, 0.15) is 5.56 Å². The number of hydrogen-bond acceptors (Lipinski definition) is 5. The zero-order valence-electron chi connectivity index (χ0n) is 11.9. The highest BCUT2D eigenvalue weighted by atomic mass is 35.5. The first kappa shape index (κ1) is 15.9. The van der Waals surface area contributed by atoms with Crippen molar-refractivity contribution in [3.63, 3.8) is 0 Å². The largest absolute Gasteiger partial charge is 0.495 e. The third-order valence-corrected chi connectivity index (χ3v) is 3.66. The van der Waals surface area contributed by atoms with Crippen LogP contribution < -0.4 is 21.1 Å². The molecule has 0 aromatic heterocycles. The second-order valence-corrected chi connectivity index (χ2v) is 5.20. The lowest BCUT2D eigenvalue weighted by Crippen LogP contribution is -2.48. The van der Waals surface area contributed by atoms with Gasteiger partial charge in [-0.05, 0) is 24.1 Å². The third-order valence-electron chi connectivity index (χ3n) is 3.31. The van der Waals surface area contributed by atoms with E-state index in [1.807, 2.05) is 0 Å². The summed E-state index contributed by atoms with van der Waals surface area (Å²) in [7, 11) is 1.55. The minimum atomic E-state index is -0.421. The van der Waals surface area contributed by atoms with Crippen LogP contribution in [0.15, 0.2) is 12.1 Å². The standard InChI is InChI=1S/C14H20ClN3O3/c1-20-12-6-9(10(15)7-11(12)16)2-3-18-14(19)13-8-17-4-5-21-13/h6-7,13,17H,2-5,8,16H2,1H3,(H,18,19)/t13-/m1/s1. The van der Waals surface area contributed by atoms with Crippen LogP contribution in [-0.2, 0) is 16.0 Å². The van der Waals surface area contributed by atoms with E-state index in [1.54, 1.807) is 19.2 Å². The molecule has 0 radical (unpaired) electrons. The number of nitrogens with one attached hydrogen (secondary N) is 2. The molecule has 1 aromatic rings. The molecule has 0 aliphatic carbocycles. The van der Waals surface area contributed by atoms with Crippen molar-refractivity contribution in [1.82, 2.24) is 10.6 Å². The van der Waals surface area contributed by atoms with Crippen molar-refractivity contribution in [2.45, 2.75) is 12.5 Å². The van der Waals surface area contributed by atoms with Crippen molar-refractivity contribution in [1.29, 1.82) is 0 Å². The van der Waals surface area contributed by atoms with Crippen LogP contribution in [0.5, 0.6) is 5.75 Å². The van der Waals surface area contributed by atoms with E-state index in [1.165, 1.54) is 0 Å². The predicted molar refractivity (Wildman–Crippen MR) is 81.7 cm³/mol. The molecule has 0 unspecified atom stereocenters. The van der Waals surface area contributed by atoms with E-state index >= 15 is 0 Å². The lowest BCUT2D eigenvalue weighted by Gasteiger charge is -2.22. The smallest absolute Gasteiger partial charge is 0.250 e. The molecule has 0 saturated carbocycles. The molecule has 1 aliphatic heterocycles. The van der Waals surface area contributed by atoms with Crippen LogP contribution in [-0.4, -0.2) is 45.4 Å². The van der Waals surface area contributed by atoms with E-state index in [0.29, 0.717) is 42.6 Å². The first-order valence-electron chi connectivity index (χ1n) is 6.83. The Morgan fingerprint density at radius 2 is 2.43 bits per heavy atom. The van der Waals surface area contributed by atoms with Gasteiger partial charge in [0.05, 0.1) is 19.4 Å². The van der Waals surface area contributed by atoms with Gasteiger partial charge in [0.15, 0.2) is 0 Å². The Morgan fingerprint density at radius 1 is 1.62 bits per heavy atom. The zero-order chi connectivity index (χ0) is 15.2. The lowest BCUT2D eigenvalue weighted by molar-refractivity contribution is -0.134. The molecule has 1 saturated heterocycles. The van der Waals surface area contributed by atoms with Gasteiger partial charge in [-0.15, -0.1) is 0 Å². The molecule has 6 nitrogen and oxygen atoms in total. The average molecular weight is 314 g/mol. The van der Waals surface area contributed by atoms with Crippen LogP contribution in [0.3, 0.4) is 0 Å². The van der Waals surface area contributed by atoms with E-state index in [4.69, 9.17) is 26.8 Å². The topological polar surface area (TPSA) is 85.6 Å². The van der Waals surface area contributed by atoms with Gasteiger partial charge in [0.2, 0.25) is 5.91 Å². The number of methoxy groups -OCH3 is 1. The zero-order valence-corrected chi connectivity index (χ0v) is 12.7. The SMILES string of the molecule is COc1cc(CCNC(=O)[C@H]2CNCCO2)c(Cl)cc1N. The molecule has 7 heteroatoms. The van der Waals surface area contributed by atoms with Crippen LogP contribution in [0, 0.1) is 0 Å². The quantitative estimate of drug-likeness (QED) is 0.692. The molecule has 0 bridgehead atoms. The molecule has 21 heavy (non-hydrogen) atoms. The molecule has 1 fully saturated rings. The maximum absolute atomic E-state index is 11.9. The number of carbonyl (C=O) groups excluding carboxylic acids is 1. The molecule has 116 valence electrons. The number of morpholine rings is 1. The maximum atomic E-state index is 11.9. The fourth-order valence-electron chi connectivity index (χ4n) is 2.15. The summed E-state index contributed by atoms with van der Waals surface area (Å²) in [6.07, 6.45) is 0.177. The van der Waals surface area contributed by atoms with E-state index in [-0.39, 0.29) is 5.91 Å². The van der Waals surface area contributed by atoms with E-state index < -0.39 is 6.10 Å². The molecular weight excluding hydrogens is 294 g/mol. The van der Waals surface area contributed by atoms with Crippen molar-refractivity contribution in [3.8, 4) is 5.75 Å². The summed E-state index contributed by atoms with van der Waals surface area (Å²) in [5.41, 5.74) is 7.15. The average Bonchev–Trinajstić information content (AvgIpc) is 2.50. The number of carbonyl (C=O) groups is 1. The monoisotopic (exact) mass is 313 g/mol. The Kier molecular flexibility index (Phi) is 5.67. The van der Waals surface area contributed by atoms with Gasteiger partial charge in [0.1, 0.15) is 11.9 Å². The van der Waals surface area contributed by atoms with Crippen LogP contribution in [0.2, 0.25) is 5.02 Å². The number of hydrogen-bond donors (Lipinski definition) is 3. The Hall–Kier alpha value is -1.50. The number of nitrogen functional groups attached to an aromatic ring is 1. The Balaban J connectivity index is 1.86. The number of halogens is 1. The number of nitrogens with two attached hydrogens (primary N) is 1. The van der Waals surface area contributed by atoms with Crippen molar-refractivity contribution in [2.75, 3.05) is 39.1 Å². The number of ether oxygens (including phenoxy) is 2. The van der Waals surface area contributed by atoms with Crippen molar-refractivity contribution >= 4 is 23.2 Å². The summed E-state index contributed by atoms with van der Waals surface area (Å²) < 4.78 is 10.5. The summed E-state index contributed by atoms with van der Waals surface area (Å²) in [4.78, 5) is 11.9. The van der Waals surface area contributed by atoms with Gasteiger partial charge in [-0.2, -0.15) is 0 Å². The van der Waals surface area contributed by atoms with Crippen molar-refractivity contribution < 1.29 is 14.3 Å². The normalized spacial score (nSPS) is 18.3. The second-order valence-electron chi connectivity index (χ2n) is 4.79. The van der Waals surface area contributed by atoms with Gasteiger partial charge < -0.3 is 25.8 Å². The lowest BCUT2D eigenvalue weighted by atomic mass is 10.1. The summed E-state index contributed by atoms with van der Waals surface area (Å²) in [6.45, 7) is 2.36. The molecule has 1 aliphatic rings. The summed E-state index contributed by atoms with van der Waals surface area (Å²) in [5.74, 6) is 0.473. The van der Waals surface area contributed by atoms with E-state index in [0.717, 1.165) is 12.1 Å². The van der Waals surface area contributed by atoms with Gasteiger partial charge in [0, 0.05) is 24.7 Å². The number of amides is 1. The minimum absolute atomic E-state index is 0.110. The van der Waals surface area contributed by atoms with Crippen LogP contribution >= 0.6 is 11.6 Å². The van der Waals surface area contributed by atoms with E-state index in [9.17, 15) is 4.79 Å². The number of rotatable bonds is 5. The molecule has 1 aromatic carbocycles. The predicted octanol–water partition coefficient (Wildman–Crippen LogP) is 0.578. The summed E-state index contributed by atoms with van der Waals surface area (Å²) in [6, 6.07) is 3.45. The van der Waals surface area contributed by atoms with E-state index in [2.05, 4.69) is 10.6 Å². The molecule has 0 spiro atoms. The summed E-state index contributed by atoms with van der Waals surface area (Å²) in [5, 5.41) is 6.53. The Bertz CT molecular complexity index is 504. The Morgan fingerprint density at radius 3 is 3.10 bits per heavy atom. The van der Waals surface area contributed by atoms with Crippen molar-refractivity contribution in [2.24, 2.45) is 0 Å². The molecule has 1 atom stereocenters. The van der Waals surface area contributed by atoms with Crippen LogP contribution in [0.25, 0.3) is 0 Å². The minimum Gasteiger partial charge on any atom is -0.495 e. The van der Waals surface area contributed by atoms with Gasteiger partial charge in [0.25, 0.3) is 0 Å². The van der Waals surface area contributed by atoms with Gasteiger partial charge in [-0.1, -0.05) is 11.6 Å².